The third-order valence-corrected chi connectivity index (χ3v) is 4.42. The summed E-state index contributed by atoms with van der Waals surface area (Å²) >= 11 is 0. The second kappa shape index (κ2) is 5.78. The lowest BCUT2D eigenvalue weighted by Gasteiger charge is -2.39. The number of benzene rings is 2. The number of methoxy groups -OCH3 is 1. The first-order chi connectivity index (χ1) is 10.3. The van der Waals surface area contributed by atoms with Gasteiger partial charge in [0.2, 0.25) is 0 Å². The van der Waals surface area contributed by atoms with Crippen LogP contribution in [0.5, 0.6) is 5.75 Å². The molecule has 0 fully saturated rings. The van der Waals surface area contributed by atoms with Crippen molar-refractivity contribution in [3.05, 3.63) is 59.7 Å². The van der Waals surface area contributed by atoms with E-state index in [-0.39, 0.29) is 5.54 Å². The summed E-state index contributed by atoms with van der Waals surface area (Å²) in [6.07, 6.45) is 3.06. The van der Waals surface area contributed by atoms with Gasteiger partial charge in [0.25, 0.3) is 0 Å². The number of ether oxygens (including phenoxy) is 1. The Balaban J connectivity index is 1.89. The highest BCUT2D eigenvalue weighted by Crippen LogP contribution is 2.34. The fraction of sp³-hybridized carbons (Fsp3) is 0.333. The number of hydrogen-bond donors (Lipinski definition) is 2. The molecule has 0 spiro atoms. The number of para-hydroxylation sites is 2. The maximum Gasteiger partial charge on any atom is 0.141 e. The van der Waals surface area contributed by atoms with Crippen molar-refractivity contribution < 1.29 is 4.74 Å². The SMILES string of the molecule is COc1ccccc1NC1(CN)CCc2ccccc2C1. The predicted molar refractivity (Wildman–Crippen MR) is 86.9 cm³/mol. The minimum Gasteiger partial charge on any atom is -0.495 e. The van der Waals surface area contributed by atoms with E-state index < -0.39 is 0 Å². The molecule has 0 bridgehead atoms. The predicted octanol–water partition coefficient (Wildman–Crippen LogP) is 2.99. The quantitative estimate of drug-likeness (QED) is 0.906. The molecule has 3 heteroatoms. The Labute approximate surface area is 126 Å². The van der Waals surface area contributed by atoms with E-state index in [9.17, 15) is 0 Å². The fourth-order valence-electron chi connectivity index (χ4n) is 3.17. The van der Waals surface area contributed by atoms with Gasteiger partial charge >= 0.3 is 0 Å². The third kappa shape index (κ3) is 2.74. The van der Waals surface area contributed by atoms with Crippen LogP contribution in [-0.2, 0) is 12.8 Å². The number of rotatable bonds is 4. The van der Waals surface area contributed by atoms with Crippen LogP contribution in [0.4, 0.5) is 5.69 Å². The summed E-state index contributed by atoms with van der Waals surface area (Å²) in [7, 11) is 1.70. The van der Waals surface area contributed by atoms with E-state index in [4.69, 9.17) is 10.5 Å². The second-order valence-corrected chi connectivity index (χ2v) is 5.76. The van der Waals surface area contributed by atoms with Crippen molar-refractivity contribution in [3.63, 3.8) is 0 Å². The molecule has 1 unspecified atom stereocenters. The van der Waals surface area contributed by atoms with Crippen molar-refractivity contribution in [3.8, 4) is 5.75 Å². The molecule has 0 aromatic heterocycles. The van der Waals surface area contributed by atoms with Crippen LogP contribution in [0, 0.1) is 0 Å². The number of anilines is 1. The summed E-state index contributed by atoms with van der Waals surface area (Å²) in [6.45, 7) is 0.610. The van der Waals surface area contributed by atoms with Gasteiger partial charge in [0, 0.05) is 6.54 Å². The van der Waals surface area contributed by atoms with Crippen molar-refractivity contribution in [2.75, 3.05) is 19.0 Å². The van der Waals surface area contributed by atoms with Crippen molar-refractivity contribution in [2.24, 2.45) is 5.73 Å². The Morgan fingerprint density at radius 2 is 1.81 bits per heavy atom. The first kappa shape index (κ1) is 14.0. The van der Waals surface area contributed by atoms with Crippen LogP contribution in [0.3, 0.4) is 0 Å². The number of nitrogens with two attached hydrogens (primary N) is 1. The molecule has 0 saturated heterocycles. The second-order valence-electron chi connectivity index (χ2n) is 5.76. The van der Waals surface area contributed by atoms with Gasteiger partial charge < -0.3 is 15.8 Å². The first-order valence-electron chi connectivity index (χ1n) is 7.44. The molecule has 3 N–H and O–H groups in total. The molecule has 110 valence electrons. The molecule has 1 aliphatic carbocycles. The van der Waals surface area contributed by atoms with Gasteiger partial charge in [-0.15, -0.1) is 0 Å². The topological polar surface area (TPSA) is 47.3 Å². The smallest absolute Gasteiger partial charge is 0.141 e. The molecule has 3 nitrogen and oxygen atoms in total. The lowest BCUT2D eigenvalue weighted by molar-refractivity contribution is 0.399. The first-order valence-corrected chi connectivity index (χ1v) is 7.44. The molecule has 21 heavy (non-hydrogen) atoms. The Bertz CT molecular complexity index is 626. The Hall–Kier alpha value is -2.00. The zero-order valence-corrected chi connectivity index (χ0v) is 12.4. The van der Waals surface area contributed by atoms with Crippen LogP contribution in [0.15, 0.2) is 48.5 Å². The van der Waals surface area contributed by atoms with E-state index in [0.29, 0.717) is 6.54 Å². The molecular weight excluding hydrogens is 260 g/mol. The molecule has 2 aromatic carbocycles. The van der Waals surface area contributed by atoms with Gasteiger partial charge in [0.15, 0.2) is 0 Å². The molecular formula is C18H22N2O. The number of aryl methyl sites for hydroxylation is 1. The van der Waals surface area contributed by atoms with Crippen molar-refractivity contribution in [1.82, 2.24) is 0 Å². The number of fused-ring (bicyclic) bond motifs is 1. The minimum atomic E-state index is -0.0943. The lowest BCUT2D eigenvalue weighted by Crippen LogP contribution is -2.49. The molecule has 0 radical (unpaired) electrons. The average Bonchev–Trinajstić information content (AvgIpc) is 2.55. The van der Waals surface area contributed by atoms with Gasteiger partial charge in [-0.25, -0.2) is 0 Å². The van der Waals surface area contributed by atoms with Gasteiger partial charge in [-0.05, 0) is 42.5 Å². The Morgan fingerprint density at radius 3 is 2.57 bits per heavy atom. The Kier molecular flexibility index (Phi) is 3.84. The molecule has 0 saturated carbocycles. The summed E-state index contributed by atoms with van der Waals surface area (Å²) in [5.41, 5.74) is 9.90. The van der Waals surface area contributed by atoms with Crippen LogP contribution in [0.1, 0.15) is 17.5 Å². The third-order valence-electron chi connectivity index (χ3n) is 4.42. The van der Waals surface area contributed by atoms with E-state index in [1.54, 1.807) is 7.11 Å². The van der Waals surface area contributed by atoms with Crippen LogP contribution in [0.2, 0.25) is 0 Å². The highest BCUT2D eigenvalue weighted by atomic mass is 16.5. The van der Waals surface area contributed by atoms with Crippen LogP contribution < -0.4 is 15.8 Å². The summed E-state index contributed by atoms with van der Waals surface area (Å²) < 4.78 is 5.44. The van der Waals surface area contributed by atoms with Gasteiger partial charge in [-0.2, -0.15) is 0 Å². The normalized spacial score (nSPS) is 20.7. The van der Waals surface area contributed by atoms with Crippen LogP contribution in [0.25, 0.3) is 0 Å². The van der Waals surface area contributed by atoms with E-state index in [1.807, 2.05) is 18.2 Å². The van der Waals surface area contributed by atoms with Gasteiger partial charge in [-0.1, -0.05) is 36.4 Å². The maximum atomic E-state index is 6.13. The Morgan fingerprint density at radius 1 is 1.10 bits per heavy atom. The van der Waals surface area contributed by atoms with E-state index >= 15 is 0 Å². The summed E-state index contributed by atoms with van der Waals surface area (Å²) in [5, 5.41) is 3.65. The molecule has 2 aromatic rings. The molecule has 1 aliphatic rings. The molecule has 0 aliphatic heterocycles. The van der Waals surface area contributed by atoms with Crippen LogP contribution in [-0.4, -0.2) is 19.2 Å². The highest BCUT2D eigenvalue weighted by Gasteiger charge is 2.33. The maximum absolute atomic E-state index is 6.13. The van der Waals surface area contributed by atoms with Gasteiger partial charge in [0.1, 0.15) is 5.75 Å². The van der Waals surface area contributed by atoms with Crippen LogP contribution >= 0.6 is 0 Å². The summed E-state index contributed by atoms with van der Waals surface area (Å²) in [5.74, 6) is 0.865. The largest absolute Gasteiger partial charge is 0.495 e. The standard InChI is InChI=1S/C18H22N2O/c1-21-17-9-5-4-8-16(17)20-18(13-19)11-10-14-6-2-3-7-15(14)12-18/h2-9,20H,10-13,19H2,1H3. The number of nitrogens with one attached hydrogen (secondary N) is 1. The monoisotopic (exact) mass is 282 g/mol. The van der Waals surface area contributed by atoms with Crippen molar-refractivity contribution in [1.29, 1.82) is 0 Å². The molecule has 0 amide bonds. The van der Waals surface area contributed by atoms with Crippen molar-refractivity contribution >= 4 is 5.69 Å². The van der Waals surface area contributed by atoms with Gasteiger partial charge in [-0.3, -0.25) is 0 Å². The molecule has 3 rings (SSSR count). The average molecular weight is 282 g/mol. The van der Waals surface area contributed by atoms with E-state index in [0.717, 1.165) is 30.7 Å². The van der Waals surface area contributed by atoms with Gasteiger partial charge in [0.05, 0.1) is 18.3 Å². The summed E-state index contributed by atoms with van der Waals surface area (Å²) in [6, 6.07) is 16.7. The molecule has 0 heterocycles. The molecule has 1 atom stereocenters. The zero-order chi connectivity index (χ0) is 14.7. The zero-order valence-electron chi connectivity index (χ0n) is 12.4. The van der Waals surface area contributed by atoms with Crippen molar-refractivity contribution in [2.45, 2.75) is 24.8 Å². The van der Waals surface area contributed by atoms with E-state index in [2.05, 4.69) is 35.6 Å². The lowest BCUT2D eigenvalue weighted by atomic mass is 9.77. The fourth-order valence-corrected chi connectivity index (χ4v) is 3.17. The summed E-state index contributed by atoms with van der Waals surface area (Å²) in [4.78, 5) is 0. The highest BCUT2D eigenvalue weighted by molar-refractivity contribution is 5.58. The minimum absolute atomic E-state index is 0.0943. The van der Waals surface area contributed by atoms with E-state index in [1.165, 1.54) is 11.1 Å². The number of hydrogen-bond acceptors (Lipinski definition) is 3.